The van der Waals surface area contributed by atoms with Crippen molar-refractivity contribution < 1.29 is 13.9 Å². The standard InChI is InChI=1S/C18H24FN3O2/c1-6-24-17-8-7-13(9-14(17)19)12(4)20-18(23)16-10-15(11(2)3)21-22(16)5/h7-12H,6H2,1-5H3,(H,20,23)/t12-/m0/s1. The number of aromatic nitrogens is 2. The van der Waals surface area contributed by atoms with E-state index in [1.165, 1.54) is 6.07 Å². The Morgan fingerprint density at radius 2 is 2.04 bits per heavy atom. The summed E-state index contributed by atoms with van der Waals surface area (Å²) < 4.78 is 20.7. The van der Waals surface area contributed by atoms with E-state index in [1.54, 1.807) is 36.9 Å². The summed E-state index contributed by atoms with van der Waals surface area (Å²) >= 11 is 0. The molecule has 1 atom stereocenters. The second-order valence-electron chi connectivity index (χ2n) is 6.05. The van der Waals surface area contributed by atoms with Gasteiger partial charge in [0.1, 0.15) is 5.69 Å². The van der Waals surface area contributed by atoms with Gasteiger partial charge in [0.2, 0.25) is 0 Å². The Hall–Kier alpha value is -2.37. The Balaban J connectivity index is 2.13. The summed E-state index contributed by atoms with van der Waals surface area (Å²) in [6.45, 7) is 8.06. The van der Waals surface area contributed by atoms with E-state index in [0.29, 0.717) is 17.9 Å². The van der Waals surface area contributed by atoms with E-state index in [2.05, 4.69) is 10.4 Å². The van der Waals surface area contributed by atoms with E-state index < -0.39 is 5.82 Å². The highest BCUT2D eigenvalue weighted by Crippen LogP contribution is 2.22. The van der Waals surface area contributed by atoms with Crippen LogP contribution in [0.2, 0.25) is 0 Å². The number of hydrogen-bond donors (Lipinski definition) is 1. The van der Waals surface area contributed by atoms with Crippen LogP contribution in [0.1, 0.15) is 61.4 Å². The fourth-order valence-electron chi connectivity index (χ4n) is 2.40. The summed E-state index contributed by atoms with van der Waals surface area (Å²) in [5.74, 6) is -0.208. The number of benzene rings is 1. The normalized spacial score (nSPS) is 12.3. The highest BCUT2D eigenvalue weighted by atomic mass is 19.1. The van der Waals surface area contributed by atoms with Crippen LogP contribution in [0, 0.1) is 5.82 Å². The Kier molecular flexibility index (Phi) is 5.59. The van der Waals surface area contributed by atoms with Gasteiger partial charge < -0.3 is 10.1 Å². The molecule has 5 nitrogen and oxygen atoms in total. The minimum absolute atomic E-state index is 0.216. The van der Waals surface area contributed by atoms with Crippen molar-refractivity contribution in [2.24, 2.45) is 7.05 Å². The lowest BCUT2D eigenvalue weighted by Crippen LogP contribution is -2.28. The topological polar surface area (TPSA) is 56.1 Å². The number of nitrogens with zero attached hydrogens (tertiary/aromatic N) is 2. The van der Waals surface area contributed by atoms with Crippen LogP contribution >= 0.6 is 0 Å². The van der Waals surface area contributed by atoms with Crippen molar-refractivity contribution in [1.29, 1.82) is 0 Å². The van der Waals surface area contributed by atoms with Gasteiger partial charge in [-0.3, -0.25) is 9.48 Å². The number of ether oxygens (including phenoxy) is 1. The largest absolute Gasteiger partial charge is 0.491 e. The van der Waals surface area contributed by atoms with Crippen LogP contribution in [0.4, 0.5) is 4.39 Å². The fourth-order valence-corrected chi connectivity index (χ4v) is 2.40. The first-order valence-corrected chi connectivity index (χ1v) is 8.10. The first kappa shape index (κ1) is 18.0. The van der Waals surface area contributed by atoms with E-state index in [4.69, 9.17) is 4.74 Å². The first-order valence-electron chi connectivity index (χ1n) is 8.10. The van der Waals surface area contributed by atoms with Crippen molar-refractivity contribution in [2.45, 2.75) is 39.7 Å². The van der Waals surface area contributed by atoms with Crippen molar-refractivity contribution in [1.82, 2.24) is 15.1 Å². The number of aryl methyl sites for hydroxylation is 1. The number of nitrogens with one attached hydrogen (secondary N) is 1. The molecule has 0 aliphatic heterocycles. The molecule has 0 bridgehead atoms. The smallest absolute Gasteiger partial charge is 0.270 e. The SMILES string of the molecule is CCOc1ccc([C@H](C)NC(=O)c2cc(C(C)C)nn2C)cc1F. The molecule has 2 rings (SSSR count). The molecule has 24 heavy (non-hydrogen) atoms. The maximum atomic E-state index is 14.0. The van der Waals surface area contributed by atoms with E-state index in [-0.39, 0.29) is 23.6 Å². The van der Waals surface area contributed by atoms with Gasteiger partial charge in [0.15, 0.2) is 11.6 Å². The van der Waals surface area contributed by atoms with E-state index in [0.717, 1.165) is 5.69 Å². The predicted octanol–water partition coefficient (Wildman–Crippen LogP) is 3.57. The fraction of sp³-hybridized carbons (Fsp3) is 0.444. The van der Waals surface area contributed by atoms with E-state index in [1.807, 2.05) is 20.8 Å². The molecule has 1 aromatic heterocycles. The molecule has 2 aromatic rings. The van der Waals surface area contributed by atoms with Crippen LogP contribution in [0.3, 0.4) is 0 Å². The zero-order chi connectivity index (χ0) is 17.9. The number of carbonyl (C=O) groups excluding carboxylic acids is 1. The highest BCUT2D eigenvalue weighted by Gasteiger charge is 2.18. The van der Waals surface area contributed by atoms with Crippen LogP contribution in [-0.2, 0) is 7.05 Å². The average Bonchev–Trinajstić information content (AvgIpc) is 2.91. The minimum atomic E-state index is -0.432. The quantitative estimate of drug-likeness (QED) is 0.879. The molecule has 130 valence electrons. The number of hydrogen-bond acceptors (Lipinski definition) is 3. The third kappa shape index (κ3) is 3.93. The second kappa shape index (κ2) is 7.47. The van der Waals surface area contributed by atoms with Crippen LogP contribution in [0.15, 0.2) is 24.3 Å². The number of rotatable bonds is 6. The van der Waals surface area contributed by atoms with Gasteiger partial charge in [-0.15, -0.1) is 0 Å². The molecular weight excluding hydrogens is 309 g/mol. The molecule has 0 saturated heterocycles. The summed E-state index contributed by atoms with van der Waals surface area (Å²) in [5.41, 5.74) is 2.02. The average molecular weight is 333 g/mol. The second-order valence-corrected chi connectivity index (χ2v) is 6.05. The van der Waals surface area contributed by atoms with Crippen LogP contribution in [0.25, 0.3) is 0 Å². The molecule has 0 spiro atoms. The van der Waals surface area contributed by atoms with Crippen molar-refractivity contribution in [3.8, 4) is 5.75 Å². The van der Waals surface area contributed by atoms with Crippen molar-refractivity contribution in [2.75, 3.05) is 6.61 Å². The van der Waals surface area contributed by atoms with Gasteiger partial charge in [-0.25, -0.2) is 4.39 Å². The van der Waals surface area contributed by atoms with Gasteiger partial charge in [-0.1, -0.05) is 19.9 Å². The van der Waals surface area contributed by atoms with Gasteiger partial charge in [0.25, 0.3) is 5.91 Å². The van der Waals surface area contributed by atoms with Gasteiger partial charge in [0.05, 0.1) is 18.3 Å². The van der Waals surface area contributed by atoms with Crippen molar-refractivity contribution in [3.05, 3.63) is 47.0 Å². The molecule has 1 N–H and O–H groups in total. The predicted molar refractivity (Wildman–Crippen MR) is 90.7 cm³/mol. The number of carbonyl (C=O) groups is 1. The Bertz CT molecular complexity index is 725. The lowest BCUT2D eigenvalue weighted by Gasteiger charge is -2.15. The molecule has 0 aliphatic carbocycles. The summed E-state index contributed by atoms with van der Waals surface area (Å²) in [6, 6.07) is 6.17. The molecular formula is C18H24FN3O2. The van der Waals surface area contributed by atoms with Gasteiger partial charge in [-0.2, -0.15) is 5.10 Å². The zero-order valence-corrected chi connectivity index (χ0v) is 14.8. The third-order valence-corrected chi connectivity index (χ3v) is 3.83. The molecule has 1 aromatic carbocycles. The first-order chi connectivity index (χ1) is 11.3. The van der Waals surface area contributed by atoms with Gasteiger partial charge >= 0.3 is 0 Å². The van der Waals surface area contributed by atoms with Gasteiger partial charge in [0, 0.05) is 7.05 Å². The summed E-state index contributed by atoms with van der Waals surface area (Å²) in [7, 11) is 1.74. The summed E-state index contributed by atoms with van der Waals surface area (Å²) in [4.78, 5) is 12.4. The summed E-state index contributed by atoms with van der Waals surface area (Å²) in [6.07, 6.45) is 0. The zero-order valence-electron chi connectivity index (χ0n) is 14.8. The number of amides is 1. The monoisotopic (exact) mass is 333 g/mol. The molecule has 6 heteroatoms. The van der Waals surface area contributed by atoms with Gasteiger partial charge in [-0.05, 0) is 43.5 Å². The van der Waals surface area contributed by atoms with Crippen molar-refractivity contribution in [3.63, 3.8) is 0 Å². The minimum Gasteiger partial charge on any atom is -0.491 e. The maximum absolute atomic E-state index is 14.0. The Morgan fingerprint density at radius 1 is 1.33 bits per heavy atom. The Labute approximate surface area is 141 Å². The lowest BCUT2D eigenvalue weighted by atomic mass is 10.1. The highest BCUT2D eigenvalue weighted by molar-refractivity contribution is 5.93. The molecule has 0 aliphatic rings. The molecule has 1 heterocycles. The van der Waals surface area contributed by atoms with Crippen molar-refractivity contribution >= 4 is 5.91 Å². The van der Waals surface area contributed by atoms with Crippen LogP contribution in [-0.4, -0.2) is 22.3 Å². The molecule has 0 unspecified atom stereocenters. The Morgan fingerprint density at radius 3 is 2.58 bits per heavy atom. The van der Waals surface area contributed by atoms with Crippen LogP contribution in [0.5, 0.6) is 5.75 Å². The molecule has 0 fully saturated rings. The lowest BCUT2D eigenvalue weighted by molar-refractivity contribution is 0.0930. The molecule has 0 radical (unpaired) electrons. The van der Waals surface area contributed by atoms with E-state index in [9.17, 15) is 9.18 Å². The molecule has 0 saturated carbocycles. The maximum Gasteiger partial charge on any atom is 0.270 e. The third-order valence-electron chi connectivity index (χ3n) is 3.83. The summed E-state index contributed by atoms with van der Waals surface area (Å²) in [5, 5.41) is 7.21. The number of halogens is 1. The molecule has 1 amide bonds. The van der Waals surface area contributed by atoms with Crippen LogP contribution < -0.4 is 10.1 Å². The van der Waals surface area contributed by atoms with E-state index >= 15 is 0 Å².